The van der Waals surface area contributed by atoms with Crippen LogP contribution in [0.3, 0.4) is 0 Å². The van der Waals surface area contributed by atoms with Gasteiger partial charge in [-0.05, 0) is 31.8 Å². The van der Waals surface area contributed by atoms with Crippen LogP contribution in [0.25, 0.3) is 0 Å². The lowest BCUT2D eigenvalue weighted by atomic mass is 9.97. The molecule has 0 aromatic heterocycles. The molecular weight excluding hydrogens is 112 g/mol. The third kappa shape index (κ3) is 1.10. The van der Waals surface area contributed by atoms with Gasteiger partial charge in [-0.2, -0.15) is 0 Å². The fourth-order valence-corrected chi connectivity index (χ4v) is 1.78. The lowest BCUT2D eigenvalue weighted by molar-refractivity contribution is 0.359. The fraction of sp³-hybridized carbons (Fsp3) is 1.00. The van der Waals surface area contributed by atoms with Crippen molar-refractivity contribution >= 4 is 0 Å². The Hall–Kier alpha value is -0.0800. The van der Waals surface area contributed by atoms with Gasteiger partial charge in [0.05, 0.1) is 0 Å². The van der Waals surface area contributed by atoms with Crippen molar-refractivity contribution in [3.8, 4) is 0 Å². The molecule has 2 atom stereocenters. The quantitative estimate of drug-likeness (QED) is 0.476. The van der Waals surface area contributed by atoms with E-state index < -0.39 is 0 Å². The lowest BCUT2D eigenvalue weighted by Gasteiger charge is -2.23. The summed E-state index contributed by atoms with van der Waals surface area (Å²) in [4.78, 5) is 0. The Labute approximate surface area is 56.0 Å². The summed E-state index contributed by atoms with van der Waals surface area (Å²) >= 11 is 0. The van der Waals surface area contributed by atoms with Gasteiger partial charge < -0.3 is 10.6 Å². The summed E-state index contributed by atoms with van der Waals surface area (Å²) in [6.45, 7) is 3.68. The molecule has 3 saturated heterocycles. The number of hydrogen-bond donors (Lipinski definition) is 2. The van der Waals surface area contributed by atoms with E-state index in [1.807, 2.05) is 0 Å². The summed E-state index contributed by atoms with van der Waals surface area (Å²) in [5.41, 5.74) is 0. The zero-order valence-electron chi connectivity index (χ0n) is 5.69. The minimum absolute atomic E-state index is 0.781. The zero-order valence-corrected chi connectivity index (χ0v) is 5.69. The highest BCUT2D eigenvalue weighted by molar-refractivity contribution is 4.84. The molecule has 0 aromatic rings. The van der Waals surface area contributed by atoms with Gasteiger partial charge in [0.15, 0.2) is 0 Å². The van der Waals surface area contributed by atoms with Crippen LogP contribution in [0.2, 0.25) is 0 Å². The molecule has 3 aliphatic rings. The highest BCUT2D eigenvalue weighted by Gasteiger charge is 2.23. The number of rotatable bonds is 0. The number of nitrogens with one attached hydrogen (secondary N) is 2. The number of hydrogen-bond acceptors (Lipinski definition) is 2. The van der Waals surface area contributed by atoms with E-state index in [1.54, 1.807) is 0 Å². The first kappa shape index (κ1) is 5.69. The molecule has 2 heteroatoms. The van der Waals surface area contributed by atoms with Crippen LogP contribution in [0.5, 0.6) is 0 Å². The van der Waals surface area contributed by atoms with Crippen molar-refractivity contribution in [3.63, 3.8) is 0 Å². The Kier molecular flexibility index (Phi) is 1.44. The topological polar surface area (TPSA) is 24.1 Å². The molecule has 9 heavy (non-hydrogen) atoms. The second-order valence-electron chi connectivity index (χ2n) is 3.21. The monoisotopic (exact) mass is 126 g/mol. The predicted molar refractivity (Wildman–Crippen MR) is 37.4 cm³/mol. The smallest absolute Gasteiger partial charge is 0.0192 e. The zero-order chi connectivity index (χ0) is 6.10. The van der Waals surface area contributed by atoms with Crippen LogP contribution in [0.15, 0.2) is 0 Å². The van der Waals surface area contributed by atoms with Crippen LogP contribution in [0.1, 0.15) is 12.8 Å². The van der Waals surface area contributed by atoms with Gasteiger partial charge in [0.1, 0.15) is 0 Å². The molecule has 2 nitrogen and oxygen atoms in total. The van der Waals surface area contributed by atoms with E-state index in [0.29, 0.717) is 0 Å². The Bertz CT molecular complexity index is 77.6. The molecule has 0 spiro atoms. The number of fused-ring (bicyclic) bond motifs is 4. The van der Waals surface area contributed by atoms with E-state index in [-0.39, 0.29) is 0 Å². The van der Waals surface area contributed by atoms with Crippen LogP contribution in [0, 0.1) is 5.92 Å². The third-order valence-electron chi connectivity index (χ3n) is 2.44. The molecule has 3 heterocycles. The standard InChI is InChI=1S/C7H14N2/c1-2-7-5-8-3-6(1)4-9-7/h6-9H,1-5H2/t6-,7+/m1/s1. The Morgan fingerprint density at radius 3 is 2.78 bits per heavy atom. The van der Waals surface area contributed by atoms with Crippen LogP contribution in [0.4, 0.5) is 0 Å². The molecule has 3 aliphatic heterocycles. The van der Waals surface area contributed by atoms with Crippen LogP contribution in [-0.2, 0) is 0 Å². The van der Waals surface area contributed by atoms with Crippen molar-refractivity contribution in [1.82, 2.24) is 10.6 Å². The average Bonchev–Trinajstić information content (AvgIpc) is 2.21. The van der Waals surface area contributed by atoms with Gasteiger partial charge in [-0.1, -0.05) is 0 Å². The van der Waals surface area contributed by atoms with E-state index in [1.165, 1.54) is 32.5 Å². The molecule has 3 fully saturated rings. The van der Waals surface area contributed by atoms with Crippen molar-refractivity contribution in [2.24, 2.45) is 5.92 Å². The molecule has 0 aliphatic carbocycles. The molecule has 3 rings (SSSR count). The number of piperidine rings is 1. The first-order valence-electron chi connectivity index (χ1n) is 3.89. The van der Waals surface area contributed by atoms with E-state index in [2.05, 4.69) is 10.6 Å². The second-order valence-corrected chi connectivity index (χ2v) is 3.21. The van der Waals surface area contributed by atoms with Crippen LogP contribution < -0.4 is 10.6 Å². The summed E-state index contributed by atoms with van der Waals surface area (Å²) < 4.78 is 0. The molecule has 52 valence electrons. The SMILES string of the molecule is C1C[C@H]2CNC[C@@H]1CN2. The summed E-state index contributed by atoms with van der Waals surface area (Å²) in [7, 11) is 0. The molecular formula is C7H14N2. The van der Waals surface area contributed by atoms with Gasteiger partial charge >= 0.3 is 0 Å². The maximum absolute atomic E-state index is 3.52. The second kappa shape index (κ2) is 2.27. The lowest BCUT2D eigenvalue weighted by Crippen LogP contribution is -2.38. The molecule has 0 aromatic carbocycles. The molecule has 2 N–H and O–H groups in total. The van der Waals surface area contributed by atoms with Crippen LogP contribution in [-0.4, -0.2) is 25.7 Å². The Balaban J connectivity index is 2.03. The third-order valence-corrected chi connectivity index (χ3v) is 2.44. The minimum Gasteiger partial charge on any atom is -0.315 e. The first-order valence-corrected chi connectivity index (χ1v) is 3.89. The highest BCUT2D eigenvalue weighted by Crippen LogP contribution is 2.15. The van der Waals surface area contributed by atoms with Gasteiger partial charge in [-0.25, -0.2) is 0 Å². The van der Waals surface area contributed by atoms with Gasteiger partial charge in [-0.15, -0.1) is 0 Å². The summed E-state index contributed by atoms with van der Waals surface area (Å²) in [6, 6.07) is 0.781. The van der Waals surface area contributed by atoms with E-state index in [0.717, 1.165) is 12.0 Å². The van der Waals surface area contributed by atoms with Crippen LogP contribution >= 0.6 is 0 Å². The molecule has 0 saturated carbocycles. The fourth-order valence-electron chi connectivity index (χ4n) is 1.78. The van der Waals surface area contributed by atoms with Crippen molar-refractivity contribution in [3.05, 3.63) is 0 Å². The molecule has 0 radical (unpaired) electrons. The van der Waals surface area contributed by atoms with Gasteiger partial charge in [-0.3, -0.25) is 0 Å². The van der Waals surface area contributed by atoms with E-state index in [4.69, 9.17) is 0 Å². The first-order chi connectivity index (χ1) is 4.45. The van der Waals surface area contributed by atoms with Crippen molar-refractivity contribution < 1.29 is 0 Å². The van der Waals surface area contributed by atoms with Crippen molar-refractivity contribution in [1.29, 1.82) is 0 Å². The summed E-state index contributed by atoms with van der Waals surface area (Å²) in [6.07, 6.45) is 2.82. The maximum Gasteiger partial charge on any atom is 0.0192 e. The van der Waals surface area contributed by atoms with E-state index in [9.17, 15) is 0 Å². The van der Waals surface area contributed by atoms with E-state index >= 15 is 0 Å². The minimum atomic E-state index is 0.781. The van der Waals surface area contributed by atoms with Crippen molar-refractivity contribution in [2.45, 2.75) is 18.9 Å². The maximum atomic E-state index is 3.52. The summed E-state index contributed by atoms with van der Waals surface area (Å²) in [5.74, 6) is 0.920. The molecule has 2 bridgehead atoms. The largest absolute Gasteiger partial charge is 0.315 e. The molecule has 0 unspecified atom stereocenters. The highest BCUT2D eigenvalue weighted by atomic mass is 15.0. The van der Waals surface area contributed by atoms with Gasteiger partial charge in [0.25, 0.3) is 0 Å². The van der Waals surface area contributed by atoms with Gasteiger partial charge in [0, 0.05) is 12.6 Å². The predicted octanol–water partition coefficient (Wildman–Crippen LogP) is -0.0422. The average molecular weight is 126 g/mol. The van der Waals surface area contributed by atoms with Gasteiger partial charge in [0.2, 0.25) is 0 Å². The summed E-state index contributed by atoms with van der Waals surface area (Å²) in [5, 5.41) is 6.97. The molecule has 0 amide bonds. The Morgan fingerprint density at radius 2 is 2.00 bits per heavy atom. The normalized spacial score (nSPS) is 42.7. The Morgan fingerprint density at radius 1 is 1.00 bits per heavy atom. The van der Waals surface area contributed by atoms with Crippen molar-refractivity contribution in [2.75, 3.05) is 19.6 Å².